The third-order valence-electron chi connectivity index (χ3n) is 3.42. The Morgan fingerprint density at radius 1 is 1.42 bits per heavy atom. The summed E-state index contributed by atoms with van der Waals surface area (Å²) in [5.41, 5.74) is 6.64. The highest BCUT2D eigenvalue weighted by molar-refractivity contribution is 5.96. The quantitative estimate of drug-likeness (QED) is 0.812. The molecule has 19 heavy (non-hydrogen) atoms. The van der Waals surface area contributed by atoms with Crippen molar-refractivity contribution in [3.63, 3.8) is 0 Å². The highest BCUT2D eigenvalue weighted by Crippen LogP contribution is 2.22. The molecule has 1 amide bonds. The lowest BCUT2D eigenvalue weighted by Gasteiger charge is -2.16. The Kier molecular flexibility index (Phi) is 4.63. The molecule has 0 unspecified atom stereocenters. The molecule has 0 saturated carbocycles. The van der Waals surface area contributed by atoms with Crippen LogP contribution in [0.2, 0.25) is 0 Å². The van der Waals surface area contributed by atoms with Crippen molar-refractivity contribution in [2.75, 3.05) is 38.6 Å². The van der Waals surface area contributed by atoms with Gasteiger partial charge < -0.3 is 20.7 Å². The molecule has 5 nitrogen and oxygen atoms in total. The molecule has 1 aromatic rings. The first-order chi connectivity index (χ1) is 9.20. The summed E-state index contributed by atoms with van der Waals surface area (Å²) in [5.74, 6) is 0.0395. The first-order valence-corrected chi connectivity index (χ1v) is 6.65. The molecule has 0 spiro atoms. The molecular formula is C14H21N3O2. The van der Waals surface area contributed by atoms with Gasteiger partial charge in [0.15, 0.2) is 0 Å². The fourth-order valence-electron chi connectivity index (χ4n) is 2.38. The van der Waals surface area contributed by atoms with E-state index in [1.54, 1.807) is 12.1 Å². The van der Waals surface area contributed by atoms with Crippen LogP contribution in [0.1, 0.15) is 23.2 Å². The summed E-state index contributed by atoms with van der Waals surface area (Å²) in [6.07, 6.45) is 2.60. The Balaban J connectivity index is 1.92. The third-order valence-corrected chi connectivity index (χ3v) is 3.42. The van der Waals surface area contributed by atoms with E-state index in [1.165, 1.54) is 33.0 Å². The maximum Gasteiger partial charge on any atom is 0.252 e. The fourth-order valence-corrected chi connectivity index (χ4v) is 2.38. The smallest absolute Gasteiger partial charge is 0.252 e. The van der Waals surface area contributed by atoms with Crippen molar-refractivity contribution < 1.29 is 9.53 Å². The maximum atomic E-state index is 11.3. The minimum atomic E-state index is -0.472. The molecule has 2 rings (SSSR count). The van der Waals surface area contributed by atoms with E-state index in [2.05, 4.69) is 10.2 Å². The molecule has 0 bridgehead atoms. The van der Waals surface area contributed by atoms with Gasteiger partial charge in [-0.3, -0.25) is 4.79 Å². The van der Waals surface area contributed by atoms with E-state index in [0.717, 1.165) is 18.8 Å². The second kappa shape index (κ2) is 6.43. The summed E-state index contributed by atoms with van der Waals surface area (Å²) in [6, 6.07) is 5.40. The van der Waals surface area contributed by atoms with Crippen LogP contribution in [0, 0.1) is 0 Å². The second-order valence-electron chi connectivity index (χ2n) is 4.75. The number of amides is 1. The number of hydrogen-bond acceptors (Lipinski definition) is 4. The number of rotatable bonds is 6. The molecule has 104 valence electrons. The number of carbonyl (C=O) groups is 1. The van der Waals surface area contributed by atoms with Crippen LogP contribution < -0.4 is 15.8 Å². The molecule has 0 aliphatic carbocycles. The van der Waals surface area contributed by atoms with E-state index in [4.69, 9.17) is 10.5 Å². The number of hydrogen-bond donors (Lipinski definition) is 2. The van der Waals surface area contributed by atoms with Gasteiger partial charge in [-0.15, -0.1) is 0 Å². The molecule has 1 aromatic carbocycles. The van der Waals surface area contributed by atoms with Crippen LogP contribution in [0.25, 0.3) is 0 Å². The van der Waals surface area contributed by atoms with Crippen molar-refractivity contribution in [1.29, 1.82) is 0 Å². The van der Waals surface area contributed by atoms with Crippen LogP contribution in [-0.4, -0.2) is 44.1 Å². The summed E-state index contributed by atoms with van der Waals surface area (Å²) < 4.78 is 5.11. The molecule has 1 heterocycles. The zero-order chi connectivity index (χ0) is 13.7. The lowest BCUT2D eigenvalue weighted by Crippen LogP contribution is -2.26. The standard InChI is InChI=1S/C14H21N3O2/c1-19-13-5-4-11(10-12(13)14(15)18)16-6-9-17-7-2-3-8-17/h4-5,10,16H,2-3,6-9H2,1H3,(H2,15,18). The van der Waals surface area contributed by atoms with Gasteiger partial charge in [0.25, 0.3) is 5.91 Å². The largest absolute Gasteiger partial charge is 0.496 e. The predicted molar refractivity (Wildman–Crippen MR) is 75.7 cm³/mol. The van der Waals surface area contributed by atoms with E-state index in [0.29, 0.717) is 11.3 Å². The second-order valence-corrected chi connectivity index (χ2v) is 4.75. The lowest BCUT2D eigenvalue weighted by atomic mass is 10.1. The molecular weight excluding hydrogens is 242 g/mol. The highest BCUT2D eigenvalue weighted by Gasteiger charge is 2.12. The Labute approximate surface area is 113 Å². The van der Waals surface area contributed by atoms with E-state index in [-0.39, 0.29) is 0 Å². The van der Waals surface area contributed by atoms with E-state index in [1.807, 2.05) is 6.07 Å². The fraction of sp³-hybridized carbons (Fsp3) is 0.500. The average Bonchev–Trinajstić information content (AvgIpc) is 2.91. The summed E-state index contributed by atoms with van der Waals surface area (Å²) in [4.78, 5) is 13.8. The SMILES string of the molecule is COc1ccc(NCCN2CCCC2)cc1C(N)=O. The van der Waals surface area contributed by atoms with Gasteiger partial charge in [0.2, 0.25) is 0 Å². The number of nitrogens with two attached hydrogens (primary N) is 1. The monoisotopic (exact) mass is 263 g/mol. The first-order valence-electron chi connectivity index (χ1n) is 6.65. The molecule has 0 aromatic heterocycles. The number of nitrogens with zero attached hydrogens (tertiary/aromatic N) is 1. The summed E-state index contributed by atoms with van der Waals surface area (Å²) >= 11 is 0. The molecule has 1 fully saturated rings. The van der Waals surface area contributed by atoms with Gasteiger partial charge in [-0.1, -0.05) is 0 Å². The number of methoxy groups -OCH3 is 1. The van der Waals surface area contributed by atoms with Gasteiger partial charge in [0, 0.05) is 18.8 Å². The van der Waals surface area contributed by atoms with E-state index < -0.39 is 5.91 Å². The molecule has 1 aliphatic heterocycles. The van der Waals surface area contributed by atoms with Gasteiger partial charge >= 0.3 is 0 Å². The Bertz CT molecular complexity index is 442. The lowest BCUT2D eigenvalue weighted by molar-refractivity contribution is 0.0997. The van der Waals surface area contributed by atoms with Gasteiger partial charge in [-0.2, -0.15) is 0 Å². The van der Waals surface area contributed by atoms with Crippen LogP contribution in [0.4, 0.5) is 5.69 Å². The zero-order valence-electron chi connectivity index (χ0n) is 11.3. The van der Waals surface area contributed by atoms with E-state index in [9.17, 15) is 4.79 Å². The number of likely N-dealkylation sites (tertiary alicyclic amines) is 1. The summed E-state index contributed by atoms with van der Waals surface area (Å²) in [7, 11) is 1.53. The van der Waals surface area contributed by atoms with Crippen molar-refractivity contribution in [3.8, 4) is 5.75 Å². The summed E-state index contributed by atoms with van der Waals surface area (Å²) in [5, 5.41) is 3.31. The van der Waals surface area contributed by atoms with Crippen LogP contribution in [0.5, 0.6) is 5.75 Å². The van der Waals surface area contributed by atoms with Crippen molar-refractivity contribution in [2.24, 2.45) is 5.73 Å². The molecule has 1 saturated heterocycles. The number of anilines is 1. The zero-order valence-corrected chi connectivity index (χ0v) is 11.3. The predicted octanol–water partition coefficient (Wildman–Crippen LogP) is 1.30. The first kappa shape index (κ1) is 13.7. The van der Waals surface area contributed by atoms with Crippen LogP contribution >= 0.6 is 0 Å². The normalized spacial score (nSPS) is 15.4. The number of carbonyl (C=O) groups excluding carboxylic acids is 1. The Morgan fingerprint density at radius 3 is 2.79 bits per heavy atom. The minimum absolute atomic E-state index is 0.411. The molecule has 0 atom stereocenters. The van der Waals surface area contributed by atoms with E-state index >= 15 is 0 Å². The van der Waals surface area contributed by atoms with Gasteiger partial charge in [-0.05, 0) is 44.1 Å². The maximum absolute atomic E-state index is 11.3. The van der Waals surface area contributed by atoms with Crippen LogP contribution in [0.3, 0.4) is 0 Å². The van der Waals surface area contributed by atoms with Gasteiger partial charge in [-0.25, -0.2) is 0 Å². The highest BCUT2D eigenvalue weighted by atomic mass is 16.5. The number of nitrogens with one attached hydrogen (secondary N) is 1. The van der Waals surface area contributed by atoms with Crippen LogP contribution in [-0.2, 0) is 0 Å². The molecule has 3 N–H and O–H groups in total. The van der Waals surface area contributed by atoms with Crippen molar-refractivity contribution in [3.05, 3.63) is 23.8 Å². The minimum Gasteiger partial charge on any atom is -0.496 e. The Hall–Kier alpha value is -1.75. The molecule has 0 radical (unpaired) electrons. The van der Waals surface area contributed by atoms with Gasteiger partial charge in [0.05, 0.1) is 12.7 Å². The number of primary amides is 1. The van der Waals surface area contributed by atoms with Crippen LogP contribution in [0.15, 0.2) is 18.2 Å². The topological polar surface area (TPSA) is 67.6 Å². The molecule has 1 aliphatic rings. The van der Waals surface area contributed by atoms with Crippen molar-refractivity contribution >= 4 is 11.6 Å². The van der Waals surface area contributed by atoms with Gasteiger partial charge in [0.1, 0.15) is 5.75 Å². The third kappa shape index (κ3) is 3.61. The average molecular weight is 263 g/mol. The molecule has 5 heteroatoms. The number of benzene rings is 1. The van der Waals surface area contributed by atoms with Crippen molar-refractivity contribution in [2.45, 2.75) is 12.8 Å². The summed E-state index contributed by atoms with van der Waals surface area (Å²) in [6.45, 7) is 4.27. The number of ether oxygens (including phenoxy) is 1. The van der Waals surface area contributed by atoms with Crippen molar-refractivity contribution in [1.82, 2.24) is 4.90 Å². The Morgan fingerprint density at radius 2 is 2.16 bits per heavy atom.